The third-order valence-corrected chi connectivity index (χ3v) is 4.12. The average Bonchev–Trinajstić information content (AvgIpc) is 2.94. The topological polar surface area (TPSA) is 48.1 Å². The number of ether oxygens (including phenoxy) is 1. The first kappa shape index (κ1) is 12.1. The van der Waals surface area contributed by atoms with E-state index in [1.54, 1.807) is 18.4 Å². The summed E-state index contributed by atoms with van der Waals surface area (Å²) in [7, 11) is 1.69. The lowest BCUT2D eigenvalue weighted by Gasteiger charge is -2.09. The van der Waals surface area contributed by atoms with Crippen molar-refractivity contribution in [1.29, 1.82) is 0 Å². The molecular formula is C15H14N2OS. The van der Waals surface area contributed by atoms with Crippen molar-refractivity contribution < 1.29 is 4.74 Å². The van der Waals surface area contributed by atoms with Gasteiger partial charge in [0, 0.05) is 17.6 Å². The van der Waals surface area contributed by atoms with Gasteiger partial charge < -0.3 is 10.5 Å². The van der Waals surface area contributed by atoms with Gasteiger partial charge in [-0.15, -0.1) is 11.3 Å². The molecule has 1 heterocycles. The Bertz CT molecular complexity index is 721. The van der Waals surface area contributed by atoms with Crippen LogP contribution in [0.5, 0.6) is 5.75 Å². The van der Waals surface area contributed by atoms with Gasteiger partial charge in [-0.1, -0.05) is 30.3 Å². The van der Waals surface area contributed by atoms with Crippen LogP contribution in [0.2, 0.25) is 0 Å². The standard InChI is InChI=1S/C15H14N2OS/c1-18-13-7-6-10-4-2-3-5-12(10)14(13)15-17-9-11(8-16)19-15/h2-7,9H,8,16H2,1H3. The van der Waals surface area contributed by atoms with Crippen LogP contribution in [0.4, 0.5) is 0 Å². The highest BCUT2D eigenvalue weighted by molar-refractivity contribution is 7.15. The molecule has 0 saturated heterocycles. The molecule has 2 aromatic carbocycles. The molecule has 0 radical (unpaired) electrons. The second-order valence-corrected chi connectivity index (χ2v) is 5.32. The number of hydrogen-bond acceptors (Lipinski definition) is 4. The molecule has 0 saturated carbocycles. The quantitative estimate of drug-likeness (QED) is 0.793. The average molecular weight is 270 g/mol. The molecule has 4 heteroatoms. The summed E-state index contributed by atoms with van der Waals surface area (Å²) in [6, 6.07) is 12.3. The molecule has 3 nitrogen and oxygen atoms in total. The minimum atomic E-state index is 0.519. The number of nitrogens with two attached hydrogens (primary N) is 1. The summed E-state index contributed by atoms with van der Waals surface area (Å²) in [5.74, 6) is 0.844. The third kappa shape index (κ3) is 2.09. The minimum absolute atomic E-state index is 0.519. The van der Waals surface area contributed by atoms with Crippen molar-refractivity contribution in [3.63, 3.8) is 0 Å². The number of methoxy groups -OCH3 is 1. The highest BCUT2D eigenvalue weighted by atomic mass is 32.1. The molecule has 0 fully saturated rings. The monoisotopic (exact) mass is 270 g/mol. The van der Waals surface area contributed by atoms with Crippen LogP contribution in [0.3, 0.4) is 0 Å². The van der Waals surface area contributed by atoms with Crippen LogP contribution in [0.15, 0.2) is 42.6 Å². The fourth-order valence-corrected chi connectivity index (χ4v) is 3.01. The molecule has 0 amide bonds. The van der Waals surface area contributed by atoms with Gasteiger partial charge >= 0.3 is 0 Å². The fourth-order valence-electron chi connectivity index (χ4n) is 2.16. The van der Waals surface area contributed by atoms with E-state index in [9.17, 15) is 0 Å². The van der Waals surface area contributed by atoms with E-state index in [0.717, 1.165) is 26.6 Å². The first-order valence-corrected chi connectivity index (χ1v) is 6.86. The molecule has 0 atom stereocenters. The Hall–Kier alpha value is -1.91. The second kappa shape index (κ2) is 4.99. The van der Waals surface area contributed by atoms with Gasteiger partial charge in [-0.25, -0.2) is 4.98 Å². The van der Waals surface area contributed by atoms with Crippen LogP contribution in [-0.4, -0.2) is 12.1 Å². The molecule has 0 unspecified atom stereocenters. The van der Waals surface area contributed by atoms with E-state index < -0.39 is 0 Å². The summed E-state index contributed by atoms with van der Waals surface area (Å²) >= 11 is 1.61. The molecule has 0 aliphatic heterocycles. The normalized spacial score (nSPS) is 10.8. The van der Waals surface area contributed by atoms with Crippen LogP contribution in [0, 0.1) is 0 Å². The predicted octanol–water partition coefficient (Wildman–Crippen LogP) is 3.43. The number of fused-ring (bicyclic) bond motifs is 1. The number of rotatable bonds is 3. The Kier molecular flexibility index (Phi) is 3.19. The summed E-state index contributed by atoms with van der Waals surface area (Å²) < 4.78 is 5.49. The zero-order valence-corrected chi connectivity index (χ0v) is 11.4. The SMILES string of the molecule is COc1ccc2ccccc2c1-c1ncc(CN)s1. The molecule has 3 aromatic rings. The minimum Gasteiger partial charge on any atom is -0.496 e. The maximum absolute atomic E-state index is 5.66. The Morgan fingerprint density at radius 1 is 1.21 bits per heavy atom. The first-order chi connectivity index (χ1) is 9.33. The maximum atomic E-state index is 5.66. The van der Waals surface area contributed by atoms with Crippen LogP contribution in [-0.2, 0) is 6.54 Å². The lowest BCUT2D eigenvalue weighted by atomic mass is 10.0. The van der Waals surface area contributed by atoms with Gasteiger partial charge in [0.2, 0.25) is 0 Å². The van der Waals surface area contributed by atoms with Crippen LogP contribution >= 0.6 is 11.3 Å². The summed E-state index contributed by atoms with van der Waals surface area (Å²) in [5, 5.41) is 3.29. The van der Waals surface area contributed by atoms with Crippen molar-refractivity contribution in [3.8, 4) is 16.3 Å². The molecular weight excluding hydrogens is 256 g/mol. The number of hydrogen-bond donors (Lipinski definition) is 1. The predicted molar refractivity (Wildman–Crippen MR) is 79.5 cm³/mol. The van der Waals surface area contributed by atoms with Crippen LogP contribution in [0.25, 0.3) is 21.3 Å². The molecule has 2 N–H and O–H groups in total. The maximum Gasteiger partial charge on any atom is 0.129 e. The first-order valence-electron chi connectivity index (χ1n) is 6.04. The van der Waals surface area contributed by atoms with Crippen molar-refractivity contribution in [1.82, 2.24) is 4.98 Å². The highest BCUT2D eigenvalue weighted by Gasteiger charge is 2.13. The van der Waals surface area contributed by atoms with E-state index in [4.69, 9.17) is 10.5 Å². The van der Waals surface area contributed by atoms with Crippen molar-refractivity contribution in [2.45, 2.75) is 6.54 Å². The van der Waals surface area contributed by atoms with Crippen molar-refractivity contribution >= 4 is 22.1 Å². The summed E-state index contributed by atoms with van der Waals surface area (Å²) in [6.45, 7) is 0.519. The van der Waals surface area contributed by atoms with Gasteiger partial charge in [0.15, 0.2) is 0 Å². The third-order valence-electron chi connectivity index (χ3n) is 3.08. The molecule has 3 rings (SSSR count). The fraction of sp³-hybridized carbons (Fsp3) is 0.133. The zero-order chi connectivity index (χ0) is 13.2. The molecule has 19 heavy (non-hydrogen) atoms. The number of aromatic nitrogens is 1. The summed E-state index contributed by atoms with van der Waals surface area (Å²) in [6.07, 6.45) is 1.83. The van der Waals surface area contributed by atoms with Gasteiger partial charge in [-0.2, -0.15) is 0 Å². The Labute approximate surface area is 115 Å². The second-order valence-electron chi connectivity index (χ2n) is 4.20. The Balaban J connectivity index is 2.30. The van der Waals surface area contributed by atoms with E-state index in [1.807, 2.05) is 24.4 Å². The van der Waals surface area contributed by atoms with E-state index >= 15 is 0 Å². The molecule has 96 valence electrons. The smallest absolute Gasteiger partial charge is 0.129 e. The van der Waals surface area contributed by atoms with Crippen molar-refractivity contribution in [3.05, 3.63) is 47.5 Å². The molecule has 0 aliphatic rings. The van der Waals surface area contributed by atoms with E-state index in [1.165, 1.54) is 5.39 Å². The zero-order valence-electron chi connectivity index (χ0n) is 10.6. The largest absolute Gasteiger partial charge is 0.496 e. The van der Waals surface area contributed by atoms with Crippen molar-refractivity contribution in [2.24, 2.45) is 5.73 Å². The summed E-state index contributed by atoms with van der Waals surface area (Å²) in [4.78, 5) is 5.55. The van der Waals surface area contributed by atoms with E-state index in [-0.39, 0.29) is 0 Å². The summed E-state index contributed by atoms with van der Waals surface area (Å²) in [5.41, 5.74) is 6.71. The molecule has 0 bridgehead atoms. The lowest BCUT2D eigenvalue weighted by molar-refractivity contribution is 0.417. The lowest BCUT2D eigenvalue weighted by Crippen LogP contribution is -1.91. The highest BCUT2D eigenvalue weighted by Crippen LogP contribution is 2.38. The van der Waals surface area contributed by atoms with Gasteiger partial charge in [0.05, 0.1) is 12.7 Å². The number of benzene rings is 2. The van der Waals surface area contributed by atoms with E-state index in [0.29, 0.717) is 6.54 Å². The Morgan fingerprint density at radius 2 is 2.05 bits per heavy atom. The van der Waals surface area contributed by atoms with Gasteiger partial charge in [0.1, 0.15) is 10.8 Å². The van der Waals surface area contributed by atoms with Crippen LogP contribution in [0.1, 0.15) is 4.88 Å². The van der Waals surface area contributed by atoms with Gasteiger partial charge in [-0.3, -0.25) is 0 Å². The van der Waals surface area contributed by atoms with Crippen molar-refractivity contribution in [2.75, 3.05) is 7.11 Å². The van der Waals surface area contributed by atoms with Gasteiger partial charge in [-0.05, 0) is 16.8 Å². The Morgan fingerprint density at radius 3 is 2.79 bits per heavy atom. The van der Waals surface area contributed by atoms with Crippen LogP contribution < -0.4 is 10.5 Å². The number of thiazole rings is 1. The van der Waals surface area contributed by atoms with Gasteiger partial charge in [0.25, 0.3) is 0 Å². The molecule has 1 aromatic heterocycles. The molecule has 0 spiro atoms. The number of nitrogens with zero attached hydrogens (tertiary/aromatic N) is 1. The van der Waals surface area contributed by atoms with E-state index in [2.05, 4.69) is 23.2 Å². The molecule has 0 aliphatic carbocycles.